The van der Waals surface area contributed by atoms with Crippen molar-refractivity contribution < 1.29 is 14.0 Å². The second-order valence-electron chi connectivity index (χ2n) is 5.85. The monoisotopic (exact) mass is 360 g/mol. The highest BCUT2D eigenvalue weighted by Gasteiger charge is 2.21. The van der Waals surface area contributed by atoms with E-state index in [4.69, 9.17) is 0 Å². The highest BCUT2D eigenvalue weighted by Crippen LogP contribution is 2.13. The number of rotatable bonds is 6. The number of aryl methyl sites for hydroxylation is 1. The SMILES string of the molecule is CCCNC(=O)[C@H](C)NC(=O)c1nn(-c2ccccc2F)c(C)cc1=O. The van der Waals surface area contributed by atoms with Gasteiger partial charge in [0.1, 0.15) is 17.5 Å². The fourth-order valence-corrected chi connectivity index (χ4v) is 2.30. The number of hydrogen-bond acceptors (Lipinski definition) is 4. The van der Waals surface area contributed by atoms with Gasteiger partial charge in [0.2, 0.25) is 11.3 Å². The van der Waals surface area contributed by atoms with Crippen LogP contribution in [0.1, 0.15) is 36.5 Å². The zero-order valence-corrected chi connectivity index (χ0v) is 14.9. The van der Waals surface area contributed by atoms with E-state index in [-0.39, 0.29) is 11.6 Å². The summed E-state index contributed by atoms with van der Waals surface area (Å²) in [4.78, 5) is 36.4. The van der Waals surface area contributed by atoms with Crippen molar-refractivity contribution in [2.45, 2.75) is 33.2 Å². The van der Waals surface area contributed by atoms with Crippen molar-refractivity contribution in [3.63, 3.8) is 0 Å². The first-order chi connectivity index (χ1) is 12.3. The van der Waals surface area contributed by atoms with Crippen molar-refractivity contribution in [2.75, 3.05) is 6.54 Å². The van der Waals surface area contributed by atoms with Gasteiger partial charge in [0.25, 0.3) is 5.91 Å². The molecule has 0 spiro atoms. The number of hydrogen-bond donors (Lipinski definition) is 2. The summed E-state index contributed by atoms with van der Waals surface area (Å²) in [5, 5.41) is 9.09. The summed E-state index contributed by atoms with van der Waals surface area (Å²) in [6.45, 7) is 5.49. The summed E-state index contributed by atoms with van der Waals surface area (Å²) in [7, 11) is 0. The van der Waals surface area contributed by atoms with E-state index in [2.05, 4.69) is 15.7 Å². The lowest BCUT2D eigenvalue weighted by Gasteiger charge is -2.15. The summed E-state index contributed by atoms with van der Waals surface area (Å²) in [6, 6.07) is 6.27. The minimum atomic E-state index is -0.835. The summed E-state index contributed by atoms with van der Waals surface area (Å²) < 4.78 is 15.2. The third-order valence-corrected chi connectivity index (χ3v) is 3.69. The molecule has 7 nitrogen and oxygen atoms in total. The number of carbonyl (C=O) groups is 2. The van der Waals surface area contributed by atoms with Crippen molar-refractivity contribution >= 4 is 11.8 Å². The lowest BCUT2D eigenvalue weighted by molar-refractivity contribution is -0.122. The Morgan fingerprint density at radius 2 is 2.00 bits per heavy atom. The van der Waals surface area contributed by atoms with E-state index < -0.39 is 28.9 Å². The van der Waals surface area contributed by atoms with Crippen LogP contribution in [-0.4, -0.2) is 34.2 Å². The number of nitrogens with one attached hydrogen (secondary N) is 2. The summed E-state index contributed by atoms with van der Waals surface area (Å²) in [6.07, 6.45) is 0.763. The van der Waals surface area contributed by atoms with E-state index >= 15 is 0 Å². The average molecular weight is 360 g/mol. The van der Waals surface area contributed by atoms with E-state index in [0.29, 0.717) is 12.2 Å². The summed E-state index contributed by atoms with van der Waals surface area (Å²) >= 11 is 0. The molecule has 138 valence electrons. The van der Waals surface area contributed by atoms with Gasteiger partial charge in [0, 0.05) is 18.3 Å². The second kappa shape index (κ2) is 8.37. The van der Waals surface area contributed by atoms with Gasteiger partial charge < -0.3 is 10.6 Å². The molecule has 0 aliphatic heterocycles. The molecule has 1 heterocycles. The summed E-state index contributed by atoms with van der Waals surface area (Å²) in [5.41, 5.74) is -0.513. The van der Waals surface area contributed by atoms with Gasteiger partial charge in [0.05, 0.1) is 0 Å². The Hall–Kier alpha value is -3.03. The first-order valence-electron chi connectivity index (χ1n) is 8.29. The molecule has 1 aromatic heterocycles. The Morgan fingerprint density at radius 3 is 2.65 bits per heavy atom. The van der Waals surface area contributed by atoms with Crippen molar-refractivity contribution in [2.24, 2.45) is 0 Å². The zero-order valence-electron chi connectivity index (χ0n) is 14.9. The molecule has 2 aromatic rings. The first kappa shape index (κ1) is 19.3. The van der Waals surface area contributed by atoms with Crippen LogP contribution < -0.4 is 16.1 Å². The minimum absolute atomic E-state index is 0.118. The van der Waals surface area contributed by atoms with Gasteiger partial charge in [-0.3, -0.25) is 14.4 Å². The number of carbonyl (C=O) groups excluding carboxylic acids is 2. The third kappa shape index (κ3) is 4.33. The smallest absolute Gasteiger partial charge is 0.276 e. The van der Waals surface area contributed by atoms with Crippen molar-refractivity contribution in [3.8, 4) is 5.69 Å². The Bertz CT molecular complexity index is 879. The van der Waals surface area contributed by atoms with Crippen LogP contribution in [0.2, 0.25) is 0 Å². The fourth-order valence-electron chi connectivity index (χ4n) is 2.30. The quantitative estimate of drug-likeness (QED) is 0.813. The molecule has 26 heavy (non-hydrogen) atoms. The molecular weight excluding hydrogens is 339 g/mol. The largest absolute Gasteiger partial charge is 0.354 e. The van der Waals surface area contributed by atoms with Crippen LogP contribution in [0.15, 0.2) is 35.1 Å². The Morgan fingerprint density at radius 1 is 1.31 bits per heavy atom. The number of amides is 2. The van der Waals surface area contributed by atoms with E-state index in [0.717, 1.165) is 6.42 Å². The highest BCUT2D eigenvalue weighted by atomic mass is 19.1. The molecule has 8 heteroatoms. The number of halogens is 1. The number of benzene rings is 1. The van der Waals surface area contributed by atoms with Crippen molar-refractivity contribution in [1.29, 1.82) is 0 Å². The topological polar surface area (TPSA) is 93.1 Å². The molecule has 0 fully saturated rings. The third-order valence-electron chi connectivity index (χ3n) is 3.69. The molecule has 0 aliphatic rings. The molecule has 1 atom stereocenters. The van der Waals surface area contributed by atoms with Gasteiger partial charge >= 0.3 is 0 Å². The van der Waals surface area contributed by atoms with Gasteiger partial charge in [-0.25, -0.2) is 9.07 Å². The first-order valence-corrected chi connectivity index (χ1v) is 8.29. The van der Waals surface area contributed by atoms with E-state index in [1.807, 2.05) is 6.92 Å². The maximum Gasteiger partial charge on any atom is 0.276 e. The second-order valence-corrected chi connectivity index (χ2v) is 5.85. The molecule has 0 saturated heterocycles. The van der Waals surface area contributed by atoms with Crippen LogP contribution in [0.5, 0.6) is 0 Å². The molecule has 0 bridgehead atoms. The fraction of sp³-hybridized carbons (Fsp3) is 0.333. The molecule has 2 N–H and O–H groups in total. The standard InChI is InChI=1S/C18H21FN4O3/c1-4-9-20-17(25)12(3)21-18(26)16-15(24)10-11(2)23(22-16)14-8-6-5-7-13(14)19/h5-8,10,12H,4,9H2,1-3H3,(H,20,25)(H,21,26)/t12-/m0/s1. The van der Waals surface area contributed by atoms with Crippen LogP contribution in [0.4, 0.5) is 4.39 Å². The lowest BCUT2D eigenvalue weighted by atomic mass is 10.2. The zero-order chi connectivity index (χ0) is 19.3. The Balaban J connectivity index is 2.31. The number of nitrogens with zero attached hydrogens (tertiary/aromatic N) is 2. The van der Waals surface area contributed by atoms with Crippen LogP contribution in [0.3, 0.4) is 0 Å². The average Bonchev–Trinajstić information content (AvgIpc) is 2.60. The predicted molar refractivity (Wildman–Crippen MR) is 94.8 cm³/mol. The van der Waals surface area contributed by atoms with Gasteiger partial charge in [0.15, 0.2) is 5.69 Å². The van der Waals surface area contributed by atoms with Crippen molar-refractivity contribution in [3.05, 3.63) is 57.8 Å². The molecule has 1 aromatic carbocycles. The van der Waals surface area contributed by atoms with E-state index in [1.54, 1.807) is 13.0 Å². The highest BCUT2D eigenvalue weighted by molar-refractivity contribution is 5.95. The van der Waals surface area contributed by atoms with E-state index in [1.165, 1.54) is 35.9 Å². The molecule has 2 rings (SSSR count). The molecular formula is C18H21FN4O3. The normalized spacial score (nSPS) is 11.7. The summed E-state index contributed by atoms with van der Waals surface area (Å²) in [5.74, 6) is -1.69. The van der Waals surface area contributed by atoms with E-state index in [9.17, 15) is 18.8 Å². The Kier molecular flexibility index (Phi) is 6.21. The molecule has 0 aliphatic carbocycles. The molecule has 2 amide bonds. The van der Waals surface area contributed by atoms with Gasteiger partial charge in [-0.2, -0.15) is 5.10 Å². The maximum atomic E-state index is 14.0. The minimum Gasteiger partial charge on any atom is -0.354 e. The molecule has 0 unspecified atom stereocenters. The predicted octanol–water partition coefficient (Wildman–Crippen LogP) is 1.32. The molecule has 0 saturated carbocycles. The molecule has 0 radical (unpaired) electrons. The maximum absolute atomic E-state index is 14.0. The number of para-hydroxylation sites is 1. The van der Waals surface area contributed by atoms with Crippen LogP contribution >= 0.6 is 0 Å². The van der Waals surface area contributed by atoms with Crippen LogP contribution in [0.25, 0.3) is 5.69 Å². The Labute approximate surface area is 150 Å². The van der Waals surface area contributed by atoms with Gasteiger partial charge in [-0.15, -0.1) is 0 Å². The van der Waals surface area contributed by atoms with Gasteiger partial charge in [-0.05, 0) is 32.4 Å². The lowest BCUT2D eigenvalue weighted by Crippen LogP contribution is -2.46. The number of aromatic nitrogens is 2. The van der Waals surface area contributed by atoms with Crippen LogP contribution in [0, 0.1) is 12.7 Å². The van der Waals surface area contributed by atoms with Crippen LogP contribution in [-0.2, 0) is 4.79 Å². The van der Waals surface area contributed by atoms with Crippen molar-refractivity contribution in [1.82, 2.24) is 20.4 Å². The van der Waals surface area contributed by atoms with Gasteiger partial charge in [-0.1, -0.05) is 19.1 Å².